The minimum atomic E-state index is -0.323. The second-order valence-electron chi connectivity index (χ2n) is 6.82. The summed E-state index contributed by atoms with van der Waals surface area (Å²) in [5, 5.41) is 8.10. The first-order chi connectivity index (χ1) is 7.58. The number of rotatable bonds is 3. The molecule has 0 saturated carbocycles. The molecule has 96 valence electrons. The maximum absolute atomic E-state index is 11.8. The molecule has 1 aromatic heterocycles. The van der Waals surface area contributed by atoms with Gasteiger partial charge in [-0.2, -0.15) is 0 Å². The largest absolute Gasteiger partial charge is 0.297 e. The fourth-order valence-corrected chi connectivity index (χ4v) is 1.42. The average Bonchev–Trinajstić information content (AvgIpc) is 2.47. The number of carbonyl (C=O) groups is 1. The van der Waals surface area contributed by atoms with E-state index in [9.17, 15) is 4.79 Å². The second kappa shape index (κ2) is 4.59. The average molecular weight is 237 g/mol. The minimum absolute atomic E-state index is 0.171. The highest BCUT2D eigenvalue weighted by Gasteiger charge is 2.22. The summed E-state index contributed by atoms with van der Waals surface area (Å²) in [4.78, 5) is 11.8. The van der Waals surface area contributed by atoms with E-state index in [1.54, 1.807) is 4.68 Å². The molecule has 1 rings (SSSR count). The van der Waals surface area contributed by atoms with Gasteiger partial charge in [0.25, 0.3) is 0 Å². The summed E-state index contributed by atoms with van der Waals surface area (Å²) in [5.41, 5.74) is 0.810. The highest BCUT2D eigenvalue weighted by atomic mass is 16.1. The van der Waals surface area contributed by atoms with Crippen molar-refractivity contribution in [1.29, 1.82) is 0 Å². The van der Waals surface area contributed by atoms with Gasteiger partial charge in [-0.15, -0.1) is 5.10 Å². The molecule has 1 heterocycles. The molecule has 0 radical (unpaired) electrons. The lowest BCUT2D eigenvalue weighted by molar-refractivity contribution is -0.127. The Morgan fingerprint density at radius 3 is 2.29 bits per heavy atom. The van der Waals surface area contributed by atoms with Crippen molar-refractivity contribution >= 4 is 5.78 Å². The van der Waals surface area contributed by atoms with Crippen LogP contribution in [0.3, 0.4) is 0 Å². The van der Waals surface area contributed by atoms with Crippen LogP contribution in [0, 0.1) is 10.8 Å². The monoisotopic (exact) mass is 237 g/mol. The molecule has 0 fully saturated rings. The predicted octanol–water partition coefficient (Wildman–Crippen LogP) is 2.48. The molecule has 4 nitrogen and oxygen atoms in total. The number of hydrogen-bond donors (Lipinski definition) is 0. The first-order valence-corrected chi connectivity index (χ1v) is 6.00. The Morgan fingerprint density at radius 2 is 1.82 bits per heavy atom. The molecule has 0 atom stereocenters. The van der Waals surface area contributed by atoms with Crippen molar-refractivity contribution in [2.75, 3.05) is 0 Å². The van der Waals surface area contributed by atoms with E-state index >= 15 is 0 Å². The Balaban J connectivity index is 2.67. The molecule has 0 spiro atoms. The van der Waals surface area contributed by atoms with E-state index in [0.29, 0.717) is 6.54 Å². The van der Waals surface area contributed by atoms with Crippen molar-refractivity contribution in [3.8, 4) is 0 Å². The Bertz CT molecular complexity index is 394. The number of aromatic nitrogens is 3. The van der Waals surface area contributed by atoms with Crippen LogP contribution in [0.1, 0.15) is 47.2 Å². The Hall–Kier alpha value is -1.19. The molecule has 1 aromatic rings. The van der Waals surface area contributed by atoms with Crippen molar-refractivity contribution < 1.29 is 4.79 Å². The summed E-state index contributed by atoms with van der Waals surface area (Å²) in [6.07, 6.45) is 2.74. The second-order valence-corrected chi connectivity index (χ2v) is 6.82. The lowest BCUT2D eigenvalue weighted by atomic mass is 9.90. The molecule has 0 bridgehead atoms. The quantitative estimate of drug-likeness (QED) is 0.811. The zero-order valence-corrected chi connectivity index (χ0v) is 11.7. The number of nitrogens with zero attached hydrogens (tertiary/aromatic N) is 3. The van der Waals surface area contributed by atoms with Gasteiger partial charge in [-0.25, -0.2) is 4.68 Å². The lowest BCUT2D eigenvalue weighted by Crippen LogP contribution is -2.25. The van der Waals surface area contributed by atoms with Gasteiger partial charge in [0.2, 0.25) is 0 Å². The fraction of sp³-hybridized carbons (Fsp3) is 0.769. The van der Waals surface area contributed by atoms with Gasteiger partial charge >= 0.3 is 0 Å². The third-order valence-corrected chi connectivity index (χ3v) is 2.44. The van der Waals surface area contributed by atoms with Crippen LogP contribution in [0.4, 0.5) is 0 Å². The first kappa shape index (κ1) is 13.9. The summed E-state index contributed by atoms with van der Waals surface area (Å²) in [6.45, 7) is 12.5. The number of Topliss-reactive ketones (excluding diaryl/α,β-unsaturated/α-hetero) is 1. The maximum Gasteiger partial charge on any atom is 0.159 e. The van der Waals surface area contributed by atoms with Crippen LogP contribution in [0.2, 0.25) is 0 Å². The fourth-order valence-electron chi connectivity index (χ4n) is 1.42. The molecule has 0 aromatic carbocycles. The summed E-state index contributed by atoms with van der Waals surface area (Å²) in [7, 11) is 0. The standard InChI is InChI=1S/C13H23N3O/c1-12(2,3)7-10-8-16(15-14-10)9-11(17)13(4,5)6/h8H,7,9H2,1-6H3. The van der Waals surface area contributed by atoms with E-state index in [0.717, 1.165) is 12.1 Å². The zero-order chi connectivity index (χ0) is 13.3. The first-order valence-electron chi connectivity index (χ1n) is 6.00. The van der Waals surface area contributed by atoms with Gasteiger partial charge in [0.1, 0.15) is 6.54 Å². The minimum Gasteiger partial charge on any atom is -0.297 e. The van der Waals surface area contributed by atoms with Crippen molar-refractivity contribution in [3.05, 3.63) is 11.9 Å². The summed E-state index contributed by atoms with van der Waals surface area (Å²) in [6, 6.07) is 0. The van der Waals surface area contributed by atoms with E-state index in [2.05, 4.69) is 31.1 Å². The van der Waals surface area contributed by atoms with Gasteiger partial charge in [0.15, 0.2) is 5.78 Å². The van der Waals surface area contributed by atoms with Gasteiger partial charge in [0, 0.05) is 11.6 Å². The molecule has 0 saturated heterocycles. The van der Waals surface area contributed by atoms with Crippen LogP contribution in [-0.2, 0) is 17.8 Å². The van der Waals surface area contributed by atoms with Crippen molar-refractivity contribution in [2.45, 2.75) is 54.5 Å². The van der Waals surface area contributed by atoms with E-state index in [1.807, 2.05) is 27.0 Å². The Morgan fingerprint density at radius 1 is 1.24 bits per heavy atom. The van der Waals surface area contributed by atoms with E-state index < -0.39 is 0 Å². The summed E-state index contributed by atoms with van der Waals surface area (Å²) >= 11 is 0. The number of hydrogen-bond acceptors (Lipinski definition) is 3. The molecule has 0 aliphatic carbocycles. The van der Waals surface area contributed by atoms with Crippen molar-refractivity contribution in [2.24, 2.45) is 10.8 Å². The predicted molar refractivity (Wildman–Crippen MR) is 67.6 cm³/mol. The van der Waals surface area contributed by atoms with E-state index in [4.69, 9.17) is 0 Å². The molecule has 0 N–H and O–H groups in total. The smallest absolute Gasteiger partial charge is 0.159 e. The molecule has 0 aliphatic heterocycles. The van der Waals surface area contributed by atoms with Crippen LogP contribution in [-0.4, -0.2) is 20.8 Å². The van der Waals surface area contributed by atoms with E-state index in [-0.39, 0.29) is 16.6 Å². The van der Waals surface area contributed by atoms with Gasteiger partial charge < -0.3 is 0 Å². The third-order valence-electron chi connectivity index (χ3n) is 2.44. The van der Waals surface area contributed by atoms with Crippen LogP contribution >= 0.6 is 0 Å². The van der Waals surface area contributed by atoms with Gasteiger partial charge in [-0.1, -0.05) is 46.8 Å². The molecule has 17 heavy (non-hydrogen) atoms. The molecule has 0 amide bonds. The maximum atomic E-state index is 11.8. The van der Waals surface area contributed by atoms with Crippen LogP contribution < -0.4 is 0 Å². The number of ketones is 1. The van der Waals surface area contributed by atoms with Crippen LogP contribution in [0.5, 0.6) is 0 Å². The molecular weight excluding hydrogens is 214 g/mol. The lowest BCUT2D eigenvalue weighted by Gasteiger charge is -2.16. The van der Waals surface area contributed by atoms with Gasteiger partial charge in [0.05, 0.1) is 5.69 Å². The molecule has 0 aliphatic rings. The zero-order valence-electron chi connectivity index (χ0n) is 11.7. The van der Waals surface area contributed by atoms with Gasteiger partial charge in [-0.3, -0.25) is 4.79 Å². The number of carbonyl (C=O) groups excluding carboxylic acids is 1. The molecule has 4 heteroatoms. The van der Waals surface area contributed by atoms with Crippen LogP contribution in [0.25, 0.3) is 0 Å². The van der Waals surface area contributed by atoms with Crippen molar-refractivity contribution in [1.82, 2.24) is 15.0 Å². The SMILES string of the molecule is CC(C)(C)Cc1cn(CC(=O)C(C)(C)C)nn1. The highest BCUT2D eigenvalue weighted by Crippen LogP contribution is 2.19. The van der Waals surface area contributed by atoms with Crippen LogP contribution in [0.15, 0.2) is 6.20 Å². The van der Waals surface area contributed by atoms with E-state index in [1.165, 1.54) is 0 Å². The molecule has 0 unspecified atom stereocenters. The summed E-state index contributed by atoms with van der Waals surface area (Å²) < 4.78 is 1.63. The Kier molecular flexibility index (Phi) is 3.74. The Labute approximate surface area is 103 Å². The van der Waals surface area contributed by atoms with Crippen molar-refractivity contribution in [3.63, 3.8) is 0 Å². The topological polar surface area (TPSA) is 47.8 Å². The summed E-state index contributed by atoms with van der Waals surface area (Å²) in [5.74, 6) is 0.171. The molecular formula is C13H23N3O. The highest BCUT2D eigenvalue weighted by molar-refractivity contribution is 5.83. The van der Waals surface area contributed by atoms with Gasteiger partial charge in [-0.05, 0) is 11.8 Å². The normalized spacial score (nSPS) is 12.8. The third kappa shape index (κ3) is 4.67.